The molecule has 1 aliphatic rings. The van der Waals surface area contributed by atoms with Crippen molar-refractivity contribution < 1.29 is 13.2 Å². The quantitative estimate of drug-likeness (QED) is 0.445. The second-order valence-corrected chi connectivity index (χ2v) is 9.65. The van der Waals surface area contributed by atoms with E-state index in [1.807, 2.05) is 24.3 Å². The van der Waals surface area contributed by atoms with Gasteiger partial charge in [-0.15, -0.1) is 0 Å². The van der Waals surface area contributed by atoms with Crippen molar-refractivity contribution in [1.82, 2.24) is 4.98 Å². The molecule has 0 radical (unpaired) electrons. The summed E-state index contributed by atoms with van der Waals surface area (Å²) < 4.78 is 31.3. The summed E-state index contributed by atoms with van der Waals surface area (Å²) in [5, 5.41) is 4.60. The molecule has 0 amide bonds. The van der Waals surface area contributed by atoms with Crippen LogP contribution in [0.15, 0.2) is 66.7 Å². The van der Waals surface area contributed by atoms with E-state index in [4.69, 9.17) is 9.72 Å². The minimum absolute atomic E-state index is 0.446. The van der Waals surface area contributed by atoms with Crippen LogP contribution in [0.25, 0.3) is 22.0 Å². The highest BCUT2D eigenvalue weighted by Crippen LogP contribution is 2.44. The molecule has 2 N–H and O–H groups in total. The third-order valence-electron chi connectivity index (χ3n) is 5.65. The van der Waals surface area contributed by atoms with Gasteiger partial charge in [0.05, 0.1) is 41.6 Å². The van der Waals surface area contributed by atoms with Gasteiger partial charge in [-0.1, -0.05) is 42.5 Å². The van der Waals surface area contributed by atoms with Crippen LogP contribution >= 0.6 is 0 Å². The highest BCUT2D eigenvalue weighted by Gasteiger charge is 2.23. The number of rotatable bonds is 5. The molecule has 1 aromatic heterocycles. The molecule has 0 atom stereocenters. The summed E-state index contributed by atoms with van der Waals surface area (Å²) >= 11 is 0. The number of pyridine rings is 1. The van der Waals surface area contributed by atoms with Crippen LogP contribution in [-0.2, 0) is 22.9 Å². The summed E-state index contributed by atoms with van der Waals surface area (Å²) in [5.41, 5.74) is 7.76. The number of hydrogen-bond donors (Lipinski definition) is 2. The normalized spacial score (nSPS) is 12.7. The number of aryl methyl sites for hydroxylation is 2. The zero-order valence-electron chi connectivity index (χ0n) is 17.8. The van der Waals surface area contributed by atoms with Crippen molar-refractivity contribution in [2.24, 2.45) is 0 Å². The van der Waals surface area contributed by atoms with E-state index in [1.54, 1.807) is 19.2 Å². The lowest BCUT2D eigenvalue weighted by Gasteiger charge is -2.25. The van der Waals surface area contributed by atoms with Gasteiger partial charge < -0.3 is 10.1 Å². The standard InChI is InChI=1S/C25H23N3O3S/c1-31-23-15-17(28-32(2,29)30)12-14-21(23)27-25-19-9-5-6-10-20(19)26-22-13-11-16-7-3-4-8-18(16)24(22)25/h3-10,12,14-15,28H,11,13H2,1-2H3,(H,26,27). The van der Waals surface area contributed by atoms with Gasteiger partial charge in [0.25, 0.3) is 0 Å². The number of fused-ring (bicyclic) bond motifs is 4. The Bertz CT molecular complexity index is 1450. The minimum atomic E-state index is -3.38. The topological polar surface area (TPSA) is 80.3 Å². The summed E-state index contributed by atoms with van der Waals surface area (Å²) in [4.78, 5) is 4.97. The number of sulfonamides is 1. The highest BCUT2D eigenvalue weighted by molar-refractivity contribution is 7.92. The molecular weight excluding hydrogens is 422 g/mol. The minimum Gasteiger partial charge on any atom is -0.494 e. The molecule has 0 spiro atoms. The second-order valence-electron chi connectivity index (χ2n) is 7.90. The molecule has 32 heavy (non-hydrogen) atoms. The molecule has 0 saturated heterocycles. The lowest BCUT2D eigenvalue weighted by molar-refractivity contribution is 0.417. The van der Waals surface area contributed by atoms with Crippen molar-refractivity contribution in [3.05, 3.63) is 78.0 Å². The zero-order chi connectivity index (χ0) is 22.3. The average molecular weight is 446 g/mol. The predicted octanol–water partition coefficient (Wildman–Crippen LogP) is 5.12. The average Bonchev–Trinajstić information content (AvgIpc) is 2.78. The first kappa shape index (κ1) is 20.3. The Morgan fingerprint density at radius 2 is 1.75 bits per heavy atom. The number of ether oxygens (including phenoxy) is 1. The smallest absolute Gasteiger partial charge is 0.229 e. The first-order valence-electron chi connectivity index (χ1n) is 10.4. The molecule has 1 heterocycles. The van der Waals surface area contributed by atoms with Crippen molar-refractivity contribution >= 4 is 38.0 Å². The molecule has 0 bridgehead atoms. The van der Waals surface area contributed by atoms with Crippen LogP contribution in [0.2, 0.25) is 0 Å². The Labute approximate surface area is 187 Å². The monoisotopic (exact) mass is 445 g/mol. The van der Waals surface area contributed by atoms with Crippen molar-refractivity contribution in [3.8, 4) is 16.9 Å². The Balaban J connectivity index is 1.69. The molecule has 7 heteroatoms. The lowest BCUT2D eigenvalue weighted by atomic mass is 9.86. The first-order chi connectivity index (χ1) is 15.4. The van der Waals surface area contributed by atoms with Crippen molar-refractivity contribution in [2.45, 2.75) is 12.8 Å². The maximum atomic E-state index is 11.6. The van der Waals surface area contributed by atoms with Crippen LogP contribution in [0.5, 0.6) is 5.75 Å². The summed E-state index contributed by atoms with van der Waals surface area (Å²) in [7, 11) is -1.81. The number of methoxy groups -OCH3 is 1. The summed E-state index contributed by atoms with van der Waals surface area (Å²) in [6.45, 7) is 0. The zero-order valence-corrected chi connectivity index (χ0v) is 18.7. The molecule has 0 saturated carbocycles. The molecule has 162 valence electrons. The summed E-state index contributed by atoms with van der Waals surface area (Å²) in [6.07, 6.45) is 2.96. The SMILES string of the molecule is COc1cc(NS(C)(=O)=O)ccc1Nc1c2c(nc3ccccc13)CCc1ccccc1-2. The Hall–Kier alpha value is -3.58. The van der Waals surface area contributed by atoms with E-state index in [-0.39, 0.29) is 0 Å². The van der Waals surface area contributed by atoms with E-state index < -0.39 is 10.0 Å². The van der Waals surface area contributed by atoms with E-state index in [9.17, 15) is 8.42 Å². The Morgan fingerprint density at radius 3 is 2.56 bits per heavy atom. The number of nitrogens with zero attached hydrogens (tertiary/aromatic N) is 1. The molecule has 4 aromatic rings. The summed E-state index contributed by atoms with van der Waals surface area (Å²) in [5.74, 6) is 0.539. The van der Waals surface area contributed by atoms with Gasteiger partial charge in [0.1, 0.15) is 5.75 Å². The molecular formula is C25H23N3O3S. The number of anilines is 3. The Kier molecular flexibility index (Phi) is 4.98. The van der Waals surface area contributed by atoms with Crippen molar-refractivity contribution in [3.63, 3.8) is 0 Å². The maximum absolute atomic E-state index is 11.6. The fraction of sp³-hybridized carbons (Fsp3) is 0.160. The maximum Gasteiger partial charge on any atom is 0.229 e. The lowest BCUT2D eigenvalue weighted by Crippen LogP contribution is -2.11. The molecule has 5 rings (SSSR count). The number of hydrogen-bond acceptors (Lipinski definition) is 5. The third-order valence-corrected chi connectivity index (χ3v) is 6.26. The summed E-state index contributed by atoms with van der Waals surface area (Å²) in [6, 6.07) is 21.7. The predicted molar refractivity (Wildman–Crippen MR) is 129 cm³/mol. The van der Waals surface area contributed by atoms with Crippen molar-refractivity contribution in [1.29, 1.82) is 0 Å². The highest BCUT2D eigenvalue weighted by atomic mass is 32.2. The van der Waals surface area contributed by atoms with Gasteiger partial charge in [0.15, 0.2) is 0 Å². The van der Waals surface area contributed by atoms with Crippen LogP contribution in [0, 0.1) is 0 Å². The van der Waals surface area contributed by atoms with E-state index >= 15 is 0 Å². The fourth-order valence-electron chi connectivity index (χ4n) is 4.31. The van der Waals surface area contributed by atoms with Gasteiger partial charge in [0, 0.05) is 17.0 Å². The van der Waals surface area contributed by atoms with E-state index in [0.29, 0.717) is 11.4 Å². The van der Waals surface area contributed by atoms with Crippen LogP contribution in [0.3, 0.4) is 0 Å². The number of para-hydroxylation sites is 1. The molecule has 0 fully saturated rings. The van der Waals surface area contributed by atoms with Gasteiger partial charge >= 0.3 is 0 Å². The number of aromatic nitrogens is 1. The largest absolute Gasteiger partial charge is 0.494 e. The van der Waals surface area contributed by atoms with Gasteiger partial charge in [-0.05, 0) is 42.2 Å². The van der Waals surface area contributed by atoms with Crippen LogP contribution in [0.4, 0.5) is 17.1 Å². The molecule has 1 aliphatic carbocycles. The van der Waals surface area contributed by atoms with E-state index in [2.05, 4.69) is 40.4 Å². The van der Waals surface area contributed by atoms with Crippen LogP contribution in [-0.4, -0.2) is 26.8 Å². The number of nitrogens with one attached hydrogen (secondary N) is 2. The molecule has 0 aliphatic heterocycles. The van der Waals surface area contributed by atoms with Gasteiger partial charge in [0.2, 0.25) is 10.0 Å². The van der Waals surface area contributed by atoms with E-state index in [1.165, 1.54) is 11.1 Å². The molecule has 0 unspecified atom stereocenters. The Morgan fingerprint density at radius 1 is 0.969 bits per heavy atom. The van der Waals surface area contributed by atoms with Gasteiger partial charge in [-0.3, -0.25) is 9.71 Å². The van der Waals surface area contributed by atoms with Gasteiger partial charge in [-0.25, -0.2) is 8.42 Å². The number of benzene rings is 3. The first-order valence-corrected chi connectivity index (χ1v) is 12.2. The van der Waals surface area contributed by atoms with Crippen LogP contribution in [0.1, 0.15) is 11.3 Å². The van der Waals surface area contributed by atoms with E-state index in [0.717, 1.165) is 52.6 Å². The van der Waals surface area contributed by atoms with Gasteiger partial charge in [-0.2, -0.15) is 0 Å². The fourth-order valence-corrected chi connectivity index (χ4v) is 4.86. The second kappa shape index (κ2) is 7.84. The molecule has 6 nitrogen and oxygen atoms in total. The third kappa shape index (κ3) is 3.76. The molecule has 3 aromatic carbocycles. The van der Waals surface area contributed by atoms with Crippen molar-refractivity contribution in [2.75, 3.05) is 23.4 Å². The van der Waals surface area contributed by atoms with Crippen LogP contribution < -0.4 is 14.8 Å².